The minimum Gasteiger partial charge on any atom is -0.339 e. The van der Waals surface area contributed by atoms with Gasteiger partial charge in [-0.25, -0.2) is 9.97 Å². The third kappa shape index (κ3) is 3.88. The predicted molar refractivity (Wildman–Crippen MR) is 105 cm³/mol. The second-order valence-corrected chi connectivity index (χ2v) is 6.12. The zero-order valence-electron chi connectivity index (χ0n) is 15.2. The predicted octanol–water partition coefficient (Wildman–Crippen LogP) is 4.50. The summed E-state index contributed by atoms with van der Waals surface area (Å²) in [5.41, 5.74) is 4.44. The molecule has 132 valence electrons. The van der Waals surface area contributed by atoms with Gasteiger partial charge in [0.25, 0.3) is 5.91 Å². The lowest BCUT2D eigenvalue weighted by atomic mass is 10.1. The highest BCUT2D eigenvalue weighted by Crippen LogP contribution is 2.21. The molecular formula is C21H22N4O. The maximum absolute atomic E-state index is 12.7. The van der Waals surface area contributed by atoms with Crippen LogP contribution in [0.4, 0.5) is 17.2 Å². The first-order valence-electron chi connectivity index (χ1n) is 8.61. The van der Waals surface area contributed by atoms with Crippen molar-refractivity contribution in [2.75, 3.05) is 16.8 Å². The summed E-state index contributed by atoms with van der Waals surface area (Å²) in [6, 6.07) is 15.7. The van der Waals surface area contributed by atoms with Crippen LogP contribution in [-0.4, -0.2) is 22.4 Å². The van der Waals surface area contributed by atoms with Crippen LogP contribution in [0.2, 0.25) is 0 Å². The maximum Gasteiger partial charge on any atom is 0.278 e. The van der Waals surface area contributed by atoms with E-state index in [1.807, 2.05) is 51.1 Å². The van der Waals surface area contributed by atoms with Crippen LogP contribution < -0.4 is 10.2 Å². The van der Waals surface area contributed by atoms with Crippen LogP contribution in [0.15, 0.2) is 60.9 Å². The molecule has 5 nitrogen and oxygen atoms in total. The Hall–Kier alpha value is -3.21. The van der Waals surface area contributed by atoms with Gasteiger partial charge in [0.05, 0.1) is 12.4 Å². The Balaban J connectivity index is 1.78. The number of rotatable bonds is 5. The Labute approximate surface area is 153 Å². The largest absolute Gasteiger partial charge is 0.339 e. The fourth-order valence-corrected chi connectivity index (χ4v) is 2.70. The molecule has 0 aliphatic rings. The van der Waals surface area contributed by atoms with Crippen LogP contribution >= 0.6 is 0 Å². The maximum atomic E-state index is 12.7. The molecule has 3 aromatic rings. The van der Waals surface area contributed by atoms with E-state index in [1.54, 1.807) is 11.1 Å². The number of carbonyl (C=O) groups is 1. The number of nitrogens with one attached hydrogen (secondary N) is 1. The van der Waals surface area contributed by atoms with Gasteiger partial charge in [0.15, 0.2) is 0 Å². The van der Waals surface area contributed by atoms with Crippen molar-refractivity contribution in [1.82, 2.24) is 9.97 Å². The van der Waals surface area contributed by atoms with E-state index in [9.17, 15) is 4.79 Å². The molecule has 1 N–H and O–H groups in total. The van der Waals surface area contributed by atoms with Gasteiger partial charge >= 0.3 is 0 Å². The first-order valence-corrected chi connectivity index (χ1v) is 8.61. The zero-order valence-corrected chi connectivity index (χ0v) is 15.2. The third-order valence-corrected chi connectivity index (χ3v) is 4.16. The van der Waals surface area contributed by atoms with Crippen molar-refractivity contribution in [2.45, 2.75) is 20.8 Å². The quantitative estimate of drug-likeness (QED) is 0.739. The number of para-hydroxylation sites is 1. The molecule has 0 bridgehead atoms. The summed E-state index contributed by atoms with van der Waals surface area (Å²) in [4.78, 5) is 23.1. The van der Waals surface area contributed by atoms with Crippen molar-refractivity contribution in [3.63, 3.8) is 0 Å². The van der Waals surface area contributed by atoms with Crippen LogP contribution in [0.25, 0.3) is 0 Å². The van der Waals surface area contributed by atoms with Crippen molar-refractivity contribution in [1.29, 1.82) is 0 Å². The zero-order chi connectivity index (χ0) is 18.5. The third-order valence-electron chi connectivity index (χ3n) is 4.16. The van der Waals surface area contributed by atoms with Crippen LogP contribution in [0.1, 0.15) is 28.5 Å². The summed E-state index contributed by atoms with van der Waals surface area (Å²) in [7, 11) is 0. The monoisotopic (exact) mass is 346 g/mol. The highest BCUT2D eigenvalue weighted by Gasteiger charge is 2.17. The minimum absolute atomic E-state index is 0.163. The van der Waals surface area contributed by atoms with Crippen molar-refractivity contribution in [3.8, 4) is 0 Å². The molecule has 2 aromatic carbocycles. The molecule has 0 radical (unpaired) electrons. The van der Waals surface area contributed by atoms with Crippen molar-refractivity contribution >= 4 is 23.1 Å². The standard InChI is InChI=1S/C21H22N4O/c1-4-25(17-8-6-5-7-9-17)21(26)19-13-23-20(14-22-19)24-18-12-15(2)10-11-16(18)3/h5-14H,4H2,1-3H3,(H,23,24). The van der Waals surface area contributed by atoms with Crippen LogP contribution in [0.5, 0.6) is 0 Å². The summed E-state index contributed by atoms with van der Waals surface area (Å²) in [5, 5.41) is 3.26. The van der Waals surface area contributed by atoms with E-state index < -0.39 is 0 Å². The lowest BCUT2D eigenvalue weighted by Crippen LogP contribution is -2.31. The normalized spacial score (nSPS) is 10.4. The van der Waals surface area contributed by atoms with Gasteiger partial charge in [-0.3, -0.25) is 4.79 Å². The number of anilines is 3. The number of aryl methyl sites for hydroxylation is 2. The summed E-state index contributed by atoms with van der Waals surface area (Å²) >= 11 is 0. The van der Waals surface area contributed by atoms with Crippen molar-refractivity contribution in [2.24, 2.45) is 0 Å². The Kier molecular flexibility index (Phi) is 5.27. The van der Waals surface area contributed by atoms with E-state index >= 15 is 0 Å². The summed E-state index contributed by atoms with van der Waals surface area (Å²) in [6.45, 7) is 6.58. The molecule has 1 heterocycles. The number of aromatic nitrogens is 2. The summed E-state index contributed by atoms with van der Waals surface area (Å²) in [5.74, 6) is 0.447. The van der Waals surface area contributed by atoms with E-state index in [0.29, 0.717) is 18.1 Å². The molecule has 1 aromatic heterocycles. The van der Waals surface area contributed by atoms with E-state index in [1.165, 1.54) is 11.8 Å². The molecule has 0 unspecified atom stereocenters. The highest BCUT2D eigenvalue weighted by molar-refractivity contribution is 6.04. The SMILES string of the molecule is CCN(C(=O)c1cnc(Nc2cc(C)ccc2C)cn1)c1ccccc1. The van der Waals surface area contributed by atoms with E-state index in [2.05, 4.69) is 33.5 Å². The molecule has 0 aliphatic carbocycles. The Bertz CT molecular complexity index is 892. The van der Waals surface area contributed by atoms with Crippen molar-refractivity contribution in [3.05, 3.63) is 77.7 Å². The molecule has 0 aliphatic heterocycles. The average Bonchev–Trinajstić information content (AvgIpc) is 2.67. The topological polar surface area (TPSA) is 58.1 Å². The minimum atomic E-state index is -0.163. The highest BCUT2D eigenvalue weighted by atomic mass is 16.2. The Morgan fingerprint density at radius 3 is 2.46 bits per heavy atom. The molecule has 0 fully saturated rings. The Morgan fingerprint density at radius 2 is 1.81 bits per heavy atom. The lowest BCUT2D eigenvalue weighted by molar-refractivity contribution is 0.0983. The van der Waals surface area contributed by atoms with Crippen LogP contribution in [0, 0.1) is 13.8 Å². The van der Waals surface area contributed by atoms with Gasteiger partial charge in [0, 0.05) is 17.9 Å². The van der Waals surface area contributed by atoms with Gasteiger partial charge in [-0.05, 0) is 50.1 Å². The van der Waals surface area contributed by atoms with Gasteiger partial charge in [0.1, 0.15) is 11.5 Å². The smallest absolute Gasteiger partial charge is 0.278 e. The van der Waals surface area contributed by atoms with E-state index in [-0.39, 0.29) is 5.91 Å². The molecule has 5 heteroatoms. The molecule has 0 saturated carbocycles. The fourth-order valence-electron chi connectivity index (χ4n) is 2.70. The number of nitrogens with zero attached hydrogens (tertiary/aromatic N) is 3. The van der Waals surface area contributed by atoms with Gasteiger partial charge in [0.2, 0.25) is 0 Å². The van der Waals surface area contributed by atoms with E-state index in [4.69, 9.17) is 0 Å². The first kappa shape index (κ1) is 17.6. The molecule has 3 rings (SSSR count). The molecule has 0 spiro atoms. The second-order valence-electron chi connectivity index (χ2n) is 6.12. The van der Waals surface area contributed by atoms with Gasteiger partial charge in [-0.2, -0.15) is 0 Å². The number of hydrogen-bond donors (Lipinski definition) is 1. The van der Waals surface area contributed by atoms with Gasteiger partial charge in [-0.1, -0.05) is 30.3 Å². The number of carbonyl (C=O) groups excluding carboxylic acids is 1. The molecule has 0 saturated heterocycles. The first-order chi connectivity index (χ1) is 12.6. The van der Waals surface area contributed by atoms with Gasteiger partial charge < -0.3 is 10.2 Å². The van der Waals surface area contributed by atoms with Crippen molar-refractivity contribution < 1.29 is 4.79 Å². The van der Waals surface area contributed by atoms with Gasteiger partial charge in [-0.15, -0.1) is 0 Å². The molecule has 0 atom stereocenters. The number of hydrogen-bond acceptors (Lipinski definition) is 4. The molecule has 1 amide bonds. The van der Waals surface area contributed by atoms with Crippen LogP contribution in [-0.2, 0) is 0 Å². The summed E-state index contributed by atoms with van der Waals surface area (Å²) < 4.78 is 0. The molecule has 26 heavy (non-hydrogen) atoms. The summed E-state index contributed by atoms with van der Waals surface area (Å²) in [6.07, 6.45) is 3.11. The number of benzene rings is 2. The number of amides is 1. The second kappa shape index (κ2) is 7.78. The lowest BCUT2D eigenvalue weighted by Gasteiger charge is -2.20. The van der Waals surface area contributed by atoms with E-state index in [0.717, 1.165) is 16.9 Å². The molecular weight excluding hydrogens is 324 g/mol. The fraction of sp³-hybridized carbons (Fsp3) is 0.190. The Morgan fingerprint density at radius 1 is 1.04 bits per heavy atom. The average molecular weight is 346 g/mol. The van der Waals surface area contributed by atoms with Crippen LogP contribution in [0.3, 0.4) is 0 Å².